The zero-order chi connectivity index (χ0) is 29.3. The largest absolute Gasteiger partial charge is 0.478 e. The number of fused-ring (bicyclic) bond motifs is 3. The molecule has 43 heavy (non-hydrogen) atoms. The van der Waals surface area contributed by atoms with Crippen LogP contribution in [0.1, 0.15) is 48.1 Å². The average molecular weight is 602 g/mol. The first-order valence-corrected chi connectivity index (χ1v) is 15.2. The molecule has 3 fully saturated rings. The maximum absolute atomic E-state index is 11.7. The van der Waals surface area contributed by atoms with Crippen LogP contribution in [-0.4, -0.2) is 68.4 Å². The number of aromatic nitrogens is 3. The fraction of sp³-hybridized carbons (Fsp3) is 0.406. The lowest BCUT2D eigenvalue weighted by atomic mass is 9.81. The Balaban J connectivity index is 1.05. The van der Waals surface area contributed by atoms with Gasteiger partial charge in [0, 0.05) is 44.9 Å². The Labute approximate surface area is 253 Å². The van der Waals surface area contributed by atoms with E-state index >= 15 is 0 Å². The molecule has 8 rings (SSSR count). The summed E-state index contributed by atoms with van der Waals surface area (Å²) in [5.74, 6) is 0.444. The quantitative estimate of drug-likeness (QED) is 0.311. The van der Waals surface area contributed by atoms with Gasteiger partial charge in [-0.1, -0.05) is 17.7 Å². The lowest BCUT2D eigenvalue weighted by Gasteiger charge is -2.54. The van der Waals surface area contributed by atoms with Crippen LogP contribution in [0.3, 0.4) is 0 Å². The van der Waals surface area contributed by atoms with Gasteiger partial charge in [-0.2, -0.15) is 0 Å². The number of carboxylic acid groups (broad SMARTS) is 1. The van der Waals surface area contributed by atoms with Gasteiger partial charge >= 0.3 is 5.97 Å². The van der Waals surface area contributed by atoms with Gasteiger partial charge in [0.2, 0.25) is 0 Å². The Morgan fingerprint density at radius 1 is 1.09 bits per heavy atom. The molecule has 10 nitrogen and oxygen atoms in total. The van der Waals surface area contributed by atoms with E-state index in [0.29, 0.717) is 41.6 Å². The fourth-order valence-corrected chi connectivity index (χ4v) is 6.96. The molecule has 0 bridgehead atoms. The number of benzene rings is 2. The van der Waals surface area contributed by atoms with Crippen molar-refractivity contribution in [2.75, 3.05) is 24.6 Å². The van der Waals surface area contributed by atoms with Crippen LogP contribution < -0.4 is 14.4 Å². The van der Waals surface area contributed by atoms with Gasteiger partial charge in [-0.05, 0) is 61.7 Å². The first-order chi connectivity index (χ1) is 20.9. The van der Waals surface area contributed by atoms with Gasteiger partial charge in [0.15, 0.2) is 11.5 Å². The highest BCUT2D eigenvalue weighted by Crippen LogP contribution is 2.51. The van der Waals surface area contributed by atoms with E-state index in [1.807, 2.05) is 31.2 Å². The number of carboxylic acids is 1. The van der Waals surface area contributed by atoms with E-state index < -0.39 is 11.8 Å². The van der Waals surface area contributed by atoms with Crippen molar-refractivity contribution in [3.05, 3.63) is 76.8 Å². The second-order valence-electron chi connectivity index (χ2n) is 11.9. The summed E-state index contributed by atoms with van der Waals surface area (Å²) < 4.78 is 20.8. The van der Waals surface area contributed by atoms with Crippen molar-refractivity contribution in [1.29, 1.82) is 0 Å². The molecule has 0 radical (unpaired) electrons. The van der Waals surface area contributed by atoms with Crippen LogP contribution in [-0.2, 0) is 23.6 Å². The molecule has 1 saturated carbocycles. The monoisotopic (exact) mass is 601 g/mol. The van der Waals surface area contributed by atoms with Gasteiger partial charge in [0.25, 0.3) is 5.79 Å². The molecule has 1 aliphatic carbocycles. The van der Waals surface area contributed by atoms with Crippen molar-refractivity contribution in [2.45, 2.75) is 63.3 Å². The average Bonchev–Trinajstić information content (AvgIpc) is 3.48. The predicted octanol–water partition coefficient (Wildman–Crippen LogP) is 5.07. The third-order valence-corrected chi connectivity index (χ3v) is 9.58. The first kappa shape index (κ1) is 26.7. The van der Waals surface area contributed by atoms with E-state index in [9.17, 15) is 9.90 Å². The number of pyridine rings is 1. The molecule has 3 aliphatic heterocycles. The van der Waals surface area contributed by atoms with E-state index in [4.69, 9.17) is 30.8 Å². The highest BCUT2D eigenvalue weighted by Gasteiger charge is 2.47. The highest BCUT2D eigenvalue weighted by atomic mass is 35.5. The Bertz CT molecular complexity index is 1720. The number of hydrogen-bond donors (Lipinski definition) is 1. The van der Waals surface area contributed by atoms with Gasteiger partial charge in [-0.15, -0.1) is 0 Å². The summed E-state index contributed by atoms with van der Waals surface area (Å²) in [7, 11) is 0. The molecule has 4 atom stereocenters. The zero-order valence-electron chi connectivity index (χ0n) is 23.8. The number of nitrogens with zero attached hydrogens (tertiary/aromatic N) is 5. The minimum Gasteiger partial charge on any atom is -0.478 e. The van der Waals surface area contributed by atoms with E-state index in [2.05, 4.69) is 25.4 Å². The Morgan fingerprint density at radius 2 is 1.95 bits per heavy atom. The van der Waals surface area contributed by atoms with Crippen molar-refractivity contribution in [1.82, 2.24) is 19.4 Å². The maximum atomic E-state index is 11.7. The zero-order valence-corrected chi connectivity index (χ0v) is 24.5. The van der Waals surface area contributed by atoms with Crippen molar-refractivity contribution in [3.63, 3.8) is 0 Å². The fourth-order valence-electron chi connectivity index (χ4n) is 6.85. The molecule has 2 aromatic carbocycles. The Hall–Kier alpha value is -3.86. The summed E-state index contributed by atoms with van der Waals surface area (Å²) in [6, 6.07) is 15.6. The van der Waals surface area contributed by atoms with E-state index in [-0.39, 0.29) is 11.7 Å². The molecule has 4 aliphatic rings. The summed E-state index contributed by atoms with van der Waals surface area (Å²) in [4.78, 5) is 26.2. The lowest BCUT2D eigenvalue weighted by Crippen LogP contribution is -2.64. The molecule has 5 heterocycles. The molecular formula is C32H32ClN5O5. The van der Waals surface area contributed by atoms with Gasteiger partial charge in [-0.25, -0.2) is 9.78 Å². The number of ether oxygens (including phenoxy) is 3. The second-order valence-corrected chi connectivity index (χ2v) is 12.4. The van der Waals surface area contributed by atoms with E-state index in [0.717, 1.165) is 67.3 Å². The standard InChI is InChI=1S/C32H32ClN5O5/c1-32(28-10-6-20(33)16-34-28)42-27-4-2-3-25(30(27)43-32)37-13-12-36(23-8-9-24(23)37)18-29-35-22-7-5-19(31(39)40)15-26(22)38(29)17-21-11-14-41-21/h2-7,10,15-16,21,23-24H,8-9,11-14,17-18H2,1H3,(H,39,40)/t21-,23+,24-,32-/m0/s1. The van der Waals surface area contributed by atoms with Crippen molar-refractivity contribution in [3.8, 4) is 11.5 Å². The van der Waals surface area contributed by atoms with Crippen LogP contribution in [0.15, 0.2) is 54.7 Å². The van der Waals surface area contributed by atoms with E-state index in [1.165, 1.54) is 0 Å². The number of para-hydroxylation sites is 1. The maximum Gasteiger partial charge on any atom is 0.335 e. The molecule has 0 spiro atoms. The van der Waals surface area contributed by atoms with Crippen LogP contribution >= 0.6 is 11.6 Å². The Morgan fingerprint density at radius 3 is 2.67 bits per heavy atom. The summed E-state index contributed by atoms with van der Waals surface area (Å²) in [6.45, 7) is 5.74. The molecule has 2 aromatic heterocycles. The predicted molar refractivity (Wildman–Crippen MR) is 160 cm³/mol. The van der Waals surface area contributed by atoms with Gasteiger partial charge in [0.05, 0.1) is 46.5 Å². The highest BCUT2D eigenvalue weighted by molar-refractivity contribution is 6.30. The molecule has 4 aromatic rings. The van der Waals surface area contributed by atoms with Crippen LogP contribution in [0, 0.1) is 0 Å². The van der Waals surface area contributed by atoms with Crippen LogP contribution in [0.5, 0.6) is 11.5 Å². The summed E-state index contributed by atoms with van der Waals surface area (Å²) in [6.07, 6.45) is 4.94. The first-order valence-electron chi connectivity index (χ1n) is 14.8. The Kier molecular flexibility index (Phi) is 6.29. The number of halogens is 1. The molecule has 11 heteroatoms. The third kappa shape index (κ3) is 4.51. The van der Waals surface area contributed by atoms with Crippen LogP contribution in [0.4, 0.5) is 5.69 Å². The third-order valence-electron chi connectivity index (χ3n) is 9.36. The number of anilines is 1. The van der Waals surface area contributed by atoms with Gasteiger partial charge in [-0.3, -0.25) is 9.88 Å². The smallest absolute Gasteiger partial charge is 0.335 e. The summed E-state index contributed by atoms with van der Waals surface area (Å²) in [5, 5.41) is 10.2. The molecule has 1 N–H and O–H groups in total. The van der Waals surface area contributed by atoms with Crippen molar-refractivity contribution in [2.24, 2.45) is 0 Å². The molecular weight excluding hydrogens is 570 g/mol. The number of piperazine rings is 1. The topological polar surface area (TPSA) is 102 Å². The summed E-state index contributed by atoms with van der Waals surface area (Å²) in [5.41, 5.74) is 3.64. The molecule has 2 saturated heterocycles. The van der Waals surface area contributed by atoms with Crippen LogP contribution in [0.2, 0.25) is 5.02 Å². The minimum atomic E-state index is -1.03. The second kappa shape index (κ2) is 10.1. The minimum absolute atomic E-state index is 0.133. The van der Waals surface area contributed by atoms with Crippen molar-refractivity contribution < 1.29 is 24.1 Å². The van der Waals surface area contributed by atoms with Gasteiger partial charge < -0.3 is 28.8 Å². The normalized spacial score (nSPS) is 26.2. The molecule has 0 amide bonds. The SMILES string of the molecule is C[C@]1(c2ccc(Cl)cn2)Oc2cccc(N3CCN(Cc4nc5ccc(C(=O)O)cc5n4C[C@@H]4CCO4)[C@@H]4CC[C@@H]43)c2O1. The summed E-state index contributed by atoms with van der Waals surface area (Å²) >= 11 is 6.07. The number of hydrogen-bond acceptors (Lipinski definition) is 8. The number of rotatable bonds is 7. The van der Waals surface area contributed by atoms with E-state index in [1.54, 1.807) is 24.4 Å². The van der Waals surface area contributed by atoms with Gasteiger partial charge in [0.1, 0.15) is 11.5 Å². The molecule has 0 unspecified atom stereocenters. The molecule has 222 valence electrons. The van der Waals surface area contributed by atoms with Crippen LogP contribution in [0.25, 0.3) is 11.0 Å². The van der Waals surface area contributed by atoms with Crippen molar-refractivity contribution >= 4 is 34.3 Å². The lowest BCUT2D eigenvalue weighted by molar-refractivity contribution is -0.0717. The number of imidazole rings is 1. The number of aromatic carboxylic acids is 1. The number of carbonyl (C=O) groups is 1.